The number of nitrogens with one attached hydrogen (secondary N) is 1. The monoisotopic (exact) mass is 527 g/mol. The first-order chi connectivity index (χ1) is 18.2. The lowest BCUT2D eigenvalue weighted by Gasteiger charge is -2.41. The minimum absolute atomic E-state index is 0.0600. The lowest BCUT2D eigenvalue weighted by molar-refractivity contribution is -0.148. The Kier molecular flexibility index (Phi) is 6.75. The summed E-state index contributed by atoms with van der Waals surface area (Å²) in [7, 11) is 0. The standard InChI is InChI=1S/C24H26FN7O6/c1-24(2)23-28-17(18(33)21(35)31(23)7-10-38-24)20(34)26-12-14-3-4-15(25)11-16(14)32-13-27-19(29-32)22(36)30-5-8-37-9-6-30/h3-4,11,13,17H,5-10,12H2,1-2H3,(H,26,34). The largest absolute Gasteiger partial charge is 0.378 e. The number of rotatable bonds is 5. The minimum atomic E-state index is -1.57. The van der Waals surface area contributed by atoms with Crippen LogP contribution in [0.15, 0.2) is 29.5 Å². The van der Waals surface area contributed by atoms with Gasteiger partial charge in [0.2, 0.25) is 5.82 Å². The Labute approximate surface area is 216 Å². The van der Waals surface area contributed by atoms with Crippen LogP contribution in [0.1, 0.15) is 30.0 Å². The van der Waals surface area contributed by atoms with Gasteiger partial charge < -0.3 is 19.7 Å². The Hall–Kier alpha value is -4.04. The summed E-state index contributed by atoms with van der Waals surface area (Å²) in [5, 5.41) is 6.81. The third-order valence-electron chi connectivity index (χ3n) is 6.50. The number of ether oxygens (including phenoxy) is 2. The Balaban J connectivity index is 1.34. The molecule has 1 aromatic carbocycles. The predicted molar refractivity (Wildman–Crippen MR) is 128 cm³/mol. The van der Waals surface area contributed by atoms with Crippen molar-refractivity contribution in [2.75, 3.05) is 39.5 Å². The van der Waals surface area contributed by atoms with Crippen molar-refractivity contribution in [2.24, 2.45) is 4.99 Å². The van der Waals surface area contributed by atoms with Crippen molar-refractivity contribution >= 4 is 29.3 Å². The van der Waals surface area contributed by atoms with Crippen LogP contribution in [-0.2, 0) is 30.4 Å². The molecule has 14 heteroatoms. The molecular weight excluding hydrogens is 501 g/mol. The number of carbonyl (C=O) groups excluding carboxylic acids is 4. The fourth-order valence-corrected chi connectivity index (χ4v) is 4.48. The molecule has 0 saturated carbocycles. The first-order valence-electron chi connectivity index (χ1n) is 12.1. The highest BCUT2D eigenvalue weighted by atomic mass is 19.1. The summed E-state index contributed by atoms with van der Waals surface area (Å²) < 4.78 is 26.3. The van der Waals surface area contributed by atoms with Gasteiger partial charge in [-0.3, -0.25) is 24.1 Å². The number of aromatic nitrogens is 3. The number of benzene rings is 1. The molecule has 0 aliphatic carbocycles. The van der Waals surface area contributed by atoms with Crippen molar-refractivity contribution in [3.05, 3.63) is 41.7 Å². The summed E-state index contributed by atoms with van der Waals surface area (Å²) in [6, 6.07) is 2.27. The molecule has 3 amide bonds. The van der Waals surface area contributed by atoms with Gasteiger partial charge in [0.15, 0.2) is 6.04 Å². The molecule has 13 nitrogen and oxygen atoms in total. The van der Waals surface area contributed by atoms with Crippen molar-refractivity contribution < 1.29 is 33.0 Å². The van der Waals surface area contributed by atoms with Crippen molar-refractivity contribution in [2.45, 2.75) is 32.0 Å². The van der Waals surface area contributed by atoms with E-state index in [4.69, 9.17) is 9.47 Å². The van der Waals surface area contributed by atoms with E-state index in [1.165, 1.54) is 34.1 Å². The van der Waals surface area contributed by atoms with Gasteiger partial charge in [0, 0.05) is 19.6 Å². The molecule has 0 spiro atoms. The Bertz CT molecular complexity index is 1330. The highest BCUT2D eigenvalue weighted by molar-refractivity contribution is 6.46. The zero-order valence-corrected chi connectivity index (χ0v) is 20.8. The minimum Gasteiger partial charge on any atom is -0.378 e. The van der Waals surface area contributed by atoms with E-state index in [0.717, 1.165) is 0 Å². The molecular formula is C24H26FN7O6. The molecule has 0 bridgehead atoms. The number of aliphatic imine (C=N–C) groups is 1. The van der Waals surface area contributed by atoms with Crippen LogP contribution in [0.4, 0.5) is 4.39 Å². The lowest BCUT2D eigenvalue weighted by Crippen LogP contribution is -2.62. The summed E-state index contributed by atoms with van der Waals surface area (Å²) in [5.74, 6) is -3.31. The number of nitrogens with zero attached hydrogens (tertiary/aromatic N) is 6. The number of Topliss-reactive ketones (excluding diaryl/α,β-unsaturated/α-hetero) is 1. The van der Waals surface area contributed by atoms with Crippen molar-refractivity contribution in [3.63, 3.8) is 0 Å². The van der Waals surface area contributed by atoms with Crippen LogP contribution in [0.2, 0.25) is 0 Å². The molecule has 1 aromatic heterocycles. The van der Waals surface area contributed by atoms with Crippen molar-refractivity contribution in [1.82, 2.24) is 29.9 Å². The van der Waals surface area contributed by atoms with Gasteiger partial charge in [-0.15, -0.1) is 5.10 Å². The Morgan fingerprint density at radius 2 is 1.92 bits per heavy atom. The van der Waals surface area contributed by atoms with Gasteiger partial charge in [0.25, 0.3) is 23.5 Å². The van der Waals surface area contributed by atoms with E-state index in [2.05, 4.69) is 20.4 Å². The average molecular weight is 528 g/mol. The van der Waals surface area contributed by atoms with Gasteiger partial charge in [-0.05, 0) is 31.5 Å². The number of hydrogen-bond donors (Lipinski definition) is 1. The SMILES string of the molecule is CC1(C)OCCN2C(=O)C(=O)C(C(=O)NCc3ccc(F)cc3-n3cnc(C(=O)N4CCOCC4)n3)N=C21. The Morgan fingerprint density at radius 1 is 1.16 bits per heavy atom. The molecule has 38 heavy (non-hydrogen) atoms. The quantitative estimate of drug-likeness (QED) is 0.404. The summed E-state index contributed by atoms with van der Waals surface area (Å²) in [6.07, 6.45) is 1.28. The van der Waals surface area contributed by atoms with Crippen molar-refractivity contribution in [3.8, 4) is 5.69 Å². The molecule has 1 N–H and O–H groups in total. The second kappa shape index (κ2) is 10.0. The van der Waals surface area contributed by atoms with E-state index < -0.39 is 35.1 Å². The molecule has 3 aliphatic rings. The lowest BCUT2D eigenvalue weighted by atomic mass is 9.99. The molecule has 0 radical (unpaired) electrons. The zero-order valence-electron chi connectivity index (χ0n) is 20.8. The van der Waals surface area contributed by atoms with E-state index in [0.29, 0.717) is 31.9 Å². The second-order valence-electron chi connectivity index (χ2n) is 9.44. The number of amides is 3. The summed E-state index contributed by atoms with van der Waals surface area (Å²) >= 11 is 0. The number of morpholine rings is 2. The fourth-order valence-electron chi connectivity index (χ4n) is 4.48. The van der Waals surface area contributed by atoms with Gasteiger partial charge in [-0.2, -0.15) is 0 Å². The molecule has 2 aromatic rings. The van der Waals surface area contributed by atoms with Gasteiger partial charge >= 0.3 is 0 Å². The Morgan fingerprint density at radius 3 is 2.68 bits per heavy atom. The van der Waals surface area contributed by atoms with Gasteiger partial charge in [-0.1, -0.05) is 6.07 Å². The average Bonchev–Trinajstić information content (AvgIpc) is 3.40. The number of ketones is 1. The summed E-state index contributed by atoms with van der Waals surface area (Å²) in [5.41, 5.74) is -0.273. The molecule has 1 atom stereocenters. The fraction of sp³-hybridized carbons (Fsp3) is 0.458. The van der Waals surface area contributed by atoms with Crippen LogP contribution in [0.25, 0.3) is 5.69 Å². The maximum absolute atomic E-state index is 14.1. The predicted octanol–water partition coefficient (Wildman–Crippen LogP) is -0.518. The summed E-state index contributed by atoms with van der Waals surface area (Å²) in [4.78, 5) is 62.1. The molecule has 2 fully saturated rings. The van der Waals surface area contributed by atoms with Crippen LogP contribution in [-0.4, -0.2) is 105 Å². The number of hydrogen-bond acceptors (Lipinski definition) is 9. The third-order valence-corrected chi connectivity index (χ3v) is 6.50. The van der Waals surface area contributed by atoms with E-state index in [1.54, 1.807) is 18.7 Å². The number of amidine groups is 1. The van der Waals surface area contributed by atoms with Gasteiger partial charge in [0.05, 0.1) is 32.1 Å². The molecule has 3 aliphatic heterocycles. The number of carbonyl (C=O) groups is 4. The maximum Gasteiger partial charge on any atom is 0.298 e. The highest BCUT2D eigenvalue weighted by Gasteiger charge is 2.47. The molecule has 2 saturated heterocycles. The first kappa shape index (κ1) is 25.6. The van der Waals surface area contributed by atoms with Crippen molar-refractivity contribution in [1.29, 1.82) is 0 Å². The first-order valence-corrected chi connectivity index (χ1v) is 12.1. The molecule has 4 heterocycles. The van der Waals surface area contributed by atoms with E-state index in [-0.39, 0.29) is 43.0 Å². The van der Waals surface area contributed by atoms with Crippen LogP contribution in [0.3, 0.4) is 0 Å². The van der Waals surface area contributed by atoms with Gasteiger partial charge in [0.1, 0.15) is 23.6 Å². The topological polar surface area (TPSA) is 148 Å². The molecule has 1 unspecified atom stereocenters. The van der Waals surface area contributed by atoms with Gasteiger partial charge in [-0.25, -0.2) is 19.0 Å². The number of fused-ring (bicyclic) bond motifs is 1. The third kappa shape index (κ3) is 4.79. The second-order valence-corrected chi connectivity index (χ2v) is 9.44. The molecule has 5 rings (SSSR count). The van der Waals surface area contributed by atoms with Crippen LogP contribution in [0, 0.1) is 5.82 Å². The van der Waals surface area contributed by atoms with Crippen LogP contribution < -0.4 is 5.32 Å². The molecule has 200 valence electrons. The highest BCUT2D eigenvalue weighted by Crippen LogP contribution is 2.25. The zero-order chi connectivity index (χ0) is 27.0. The number of halogens is 1. The van der Waals surface area contributed by atoms with Crippen LogP contribution in [0.5, 0.6) is 0 Å². The van der Waals surface area contributed by atoms with E-state index >= 15 is 0 Å². The summed E-state index contributed by atoms with van der Waals surface area (Å²) in [6.45, 7) is 5.37. The smallest absolute Gasteiger partial charge is 0.298 e. The maximum atomic E-state index is 14.1. The normalized spacial score (nSPS) is 21.1. The van der Waals surface area contributed by atoms with Crippen LogP contribution >= 0.6 is 0 Å². The van der Waals surface area contributed by atoms with E-state index in [9.17, 15) is 23.6 Å². The van der Waals surface area contributed by atoms with E-state index in [1.807, 2.05) is 0 Å².